The number of benzene rings is 1. The highest BCUT2D eigenvalue weighted by atomic mass is 16.8. The number of rotatable bonds is 17. The van der Waals surface area contributed by atoms with Crippen molar-refractivity contribution in [2.24, 2.45) is 0 Å². The van der Waals surface area contributed by atoms with Crippen molar-refractivity contribution in [1.82, 2.24) is 5.32 Å². The molecule has 3 rings (SSSR count). The maximum Gasteiger partial charge on any atom is 0.217 e. The summed E-state index contributed by atoms with van der Waals surface area (Å²) in [6.45, 7) is 5.45. The van der Waals surface area contributed by atoms with Crippen LogP contribution in [0.2, 0.25) is 0 Å². The number of nitrogens with one attached hydrogen (secondary N) is 1. The fourth-order valence-electron chi connectivity index (χ4n) is 3.86. The number of hydrogen-bond donors (Lipinski definition) is 3. The van der Waals surface area contributed by atoms with Gasteiger partial charge in [0.2, 0.25) is 5.91 Å². The topological polar surface area (TPSA) is 134 Å². The van der Waals surface area contributed by atoms with Crippen molar-refractivity contribution < 1.29 is 48.2 Å². The monoisotopic (exact) mass is 499 g/mol. The van der Waals surface area contributed by atoms with Gasteiger partial charge >= 0.3 is 0 Å². The third-order valence-corrected chi connectivity index (χ3v) is 5.68. The quantitative estimate of drug-likeness (QED) is 0.244. The maximum absolute atomic E-state index is 11.3. The Labute approximate surface area is 205 Å². The van der Waals surface area contributed by atoms with Crippen LogP contribution in [0.3, 0.4) is 0 Å². The Hall–Kier alpha value is -1.67. The van der Waals surface area contributed by atoms with E-state index < -0.39 is 30.1 Å². The Bertz CT molecular complexity index is 738. The first-order valence-electron chi connectivity index (χ1n) is 11.9. The lowest BCUT2D eigenvalue weighted by Crippen LogP contribution is -2.66. The minimum atomic E-state index is -1.26. The molecule has 0 spiro atoms. The molecular weight excluding hydrogens is 462 g/mol. The smallest absolute Gasteiger partial charge is 0.217 e. The van der Waals surface area contributed by atoms with Crippen LogP contribution in [0.25, 0.3) is 0 Å². The zero-order valence-corrected chi connectivity index (χ0v) is 20.1. The Morgan fingerprint density at radius 2 is 1.51 bits per heavy atom. The maximum atomic E-state index is 11.3. The molecule has 0 saturated carbocycles. The van der Waals surface area contributed by atoms with Gasteiger partial charge < -0.3 is 48.7 Å². The lowest BCUT2D eigenvalue weighted by molar-refractivity contribution is -0.238. The van der Waals surface area contributed by atoms with Gasteiger partial charge in [-0.1, -0.05) is 30.3 Å². The van der Waals surface area contributed by atoms with Gasteiger partial charge in [-0.15, -0.1) is 0 Å². The van der Waals surface area contributed by atoms with Crippen LogP contribution < -0.4 is 5.32 Å². The second kappa shape index (κ2) is 14.8. The van der Waals surface area contributed by atoms with Crippen LogP contribution in [0, 0.1) is 0 Å². The molecular formula is C24H37NO10. The number of fused-ring (bicyclic) bond motifs is 2. The van der Waals surface area contributed by atoms with Crippen molar-refractivity contribution in [3.8, 4) is 0 Å². The van der Waals surface area contributed by atoms with E-state index in [1.54, 1.807) is 0 Å². The van der Waals surface area contributed by atoms with E-state index in [0.717, 1.165) is 5.56 Å². The zero-order chi connectivity index (χ0) is 24.9. The number of carbonyl (C=O) groups is 1. The molecule has 1 aromatic carbocycles. The molecule has 1 aromatic rings. The number of aliphatic hydroxyl groups excluding tert-OH is 2. The summed E-state index contributed by atoms with van der Waals surface area (Å²) in [6, 6.07) is 9.15. The lowest BCUT2D eigenvalue weighted by Gasteiger charge is -2.42. The number of amides is 1. The number of hydrogen-bond acceptors (Lipinski definition) is 10. The van der Waals surface area contributed by atoms with Gasteiger partial charge in [0.15, 0.2) is 6.29 Å². The number of ether oxygens (including phenoxy) is 7. The van der Waals surface area contributed by atoms with Crippen molar-refractivity contribution in [2.75, 3.05) is 66.1 Å². The summed E-state index contributed by atoms with van der Waals surface area (Å²) < 4.78 is 38.8. The average Bonchev–Trinajstić information content (AvgIpc) is 3.26. The predicted octanol–water partition coefficient (Wildman–Crippen LogP) is -0.379. The van der Waals surface area contributed by atoms with Crippen LogP contribution in [0.1, 0.15) is 12.5 Å². The molecule has 11 heteroatoms. The zero-order valence-electron chi connectivity index (χ0n) is 20.1. The number of carbonyl (C=O) groups excluding carboxylic acids is 1. The van der Waals surface area contributed by atoms with E-state index >= 15 is 0 Å². The molecule has 2 heterocycles. The van der Waals surface area contributed by atoms with E-state index in [1.165, 1.54) is 6.92 Å². The van der Waals surface area contributed by atoms with Crippen molar-refractivity contribution in [3.63, 3.8) is 0 Å². The summed E-state index contributed by atoms with van der Waals surface area (Å²) in [7, 11) is 0. The molecule has 2 bridgehead atoms. The molecule has 11 nitrogen and oxygen atoms in total. The van der Waals surface area contributed by atoms with Crippen LogP contribution in [-0.4, -0.2) is 112 Å². The summed E-state index contributed by atoms with van der Waals surface area (Å²) in [5.41, 5.74) is -0.0351. The Kier molecular flexibility index (Phi) is 11.8. The minimum absolute atomic E-state index is 0.0286. The molecule has 198 valence electrons. The molecule has 35 heavy (non-hydrogen) atoms. The Morgan fingerprint density at radius 3 is 2.11 bits per heavy atom. The summed E-state index contributed by atoms with van der Waals surface area (Å²) in [4.78, 5) is 11.3. The van der Waals surface area contributed by atoms with E-state index in [1.807, 2.05) is 30.3 Å². The molecule has 0 aromatic heterocycles. The van der Waals surface area contributed by atoms with Gasteiger partial charge in [-0.3, -0.25) is 4.79 Å². The second-order valence-electron chi connectivity index (χ2n) is 8.45. The molecule has 5 atom stereocenters. The fraction of sp³-hybridized carbons (Fsp3) is 0.708. The molecule has 1 amide bonds. The Balaban J connectivity index is 1.13. The lowest BCUT2D eigenvalue weighted by atomic mass is 9.88. The standard InChI is InChI=1S/C24H37NO10/c1-18(26)25-20-21(27)22(28)24(17-34-23(20)35-24)16-33-14-12-31-10-8-29-7-9-30-11-13-32-15-19-5-3-2-4-6-19/h2-6,20-23,27-28H,7-17H2,1H3,(H,25,26)/t20-,21-,22-,23+,24+/m1/s1. The van der Waals surface area contributed by atoms with Crippen molar-refractivity contribution >= 4 is 5.91 Å². The largest absolute Gasteiger partial charge is 0.388 e. The van der Waals surface area contributed by atoms with E-state index in [0.29, 0.717) is 52.9 Å². The van der Waals surface area contributed by atoms with E-state index in [4.69, 9.17) is 33.2 Å². The van der Waals surface area contributed by atoms with Gasteiger partial charge in [-0.2, -0.15) is 0 Å². The molecule has 0 unspecified atom stereocenters. The highest BCUT2D eigenvalue weighted by molar-refractivity contribution is 5.73. The molecule has 3 N–H and O–H groups in total. The SMILES string of the molecule is CC(=O)N[C@H]1[C@H]2OC[C@](COCCOCCOCCOCCOCc3ccccc3)(O2)[C@H](O)[C@@H]1O. The van der Waals surface area contributed by atoms with E-state index in [2.05, 4.69) is 5.32 Å². The van der Waals surface area contributed by atoms with E-state index in [-0.39, 0.29) is 25.7 Å². The van der Waals surface area contributed by atoms with Gasteiger partial charge in [-0.05, 0) is 5.56 Å². The van der Waals surface area contributed by atoms with Gasteiger partial charge in [0.25, 0.3) is 0 Å². The average molecular weight is 500 g/mol. The van der Waals surface area contributed by atoms with Crippen LogP contribution in [0.5, 0.6) is 0 Å². The minimum Gasteiger partial charge on any atom is -0.388 e. The normalized spacial score (nSPS) is 27.7. The Morgan fingerprint density at radius 1 is 0.943 bits per heavy atom. The molecule has 2 aliphatic heterocycles. The predicted molar refractivity (Wildman–Crippen MR) is 123 cm³/mol. The van der Waals surface area contributed by atoms with Crippen LogP contribution in [0.15, 0.2) is 30.3 Å². The van der Waals surface area contributed by atoms with E-state index in [9.17, 15) is 15.0 Å². The molecule has 0 aliphatic carbocycles. The van der Waals surface area contributed by atoms with Crippen LogP contribution >= 0.6 is 0 Å². The van der Waals surface area contributed by atoms with Crippen molar-refractivity contribution in [3.05, 3.63) is 35.9 Å². The summed E-state index contributed by atoms with van der Waals surface area (Å²) >= 11 is 0. The third-order valence-electron chi connectivity index (χ3n) is 5.68. The van der Waals surface area contributed by atoms with Gasteiger partial charge in [0.05, 0.1) is 72.7 Å². The second-order valence-corrected chi connectivity index (χ2v) is 8.45. The highest BCUT2D eigenvalue weighted by Crippen LogP contribution is 2.37. The molecule has 0 radical (unpaired) electrons. The van der Waals surface area contributed by atoms with Crippen molar-refractivity contribution in [2.45, 2.75) is 43.7 Å². The first kappa shape index (κ1) is 27.9. The highest BCUT2D eigenvalue weighted by Gasteiger charge is 2.59. The summed E-state index contributed by atoms with van der Waals surface area (Å²) in [6.07, 6.45) is -3.31. The number of aliphatic hydroxyl groups is 2. The van der Waals surface area contributed by atoms with Gasteiger partial charge in [0.1, 0.15) is 23.9 Å². The van der Waals surface area contributed by atoms with Gasteiger partial charge in [-0.25, -0.2) is 0 Å². The molecule has 2 fully saturated rings. The summed E-state index contributed by atoms with van der Waals surface area (Å²) in [5.74, 6) is -0.345. The van der Waals surface area contributed by atoms with Crippen molar-refractivity contribution in [1.29, 1.82) is 0 Å². The first-order valence-corrected chi connectivity index (χ1v) is 11.9. The van der Waals surface area contributed by atoms with Crippen LogP contribution in [-0.2, 0) is 44.6 Å². The first-order chi connectivity index (χ1) is 17.0. The molecule has 2 aliphatic rings. The van der Waals surface area contributed by atoms with Gasteiger partial charge in [0, 0.05) is 6.92 Å². The van der Waals surface area contributed by atoms with Crippen LogP contribution in [0.4, 0.5) is 0 Å². The third kappa shape index (κ3) is 8.74. The molecule has 2 saturated heterocycles. The summed E-state index contributed by atoms with van der Waals surface area (Å²) in [5, 5.41) is 23.4. The fourth-order valence-corrected chi connectivity index (χ4v) is 3.86.